The number of anilines is 2. The molecule has 2 aromatic rings. The zero-order valence-corrected chi connectivity index (χ0v) is 12.6. The van der Waals surface area contributed by atoms with Crippen molar-refractivity contribution in [2.45, 2.75) is 13.8 Å². The summed E-state index contributed by atoms with van der Waals surface area (Å²) in [4.78, 5) is 23.1. The molecule has 0 saturated carbocycles. The van der Waals surface area contributed by atoms with Gasteiger partial charge in [0.05, 0.1) is 0 Å². The van der Waals surface area contributed by atoms with E-state index in [1.807, 2.05) is 36.4 Å². The van der Waals surface area contributed by atoms with Crippen LogP contribution in [0.3, 0.4) is 0 Å². The molecular formula is C18H18N2O2. The van der Waals surface area contributed by atoms with Crippen LogP contribution >= 0.6 is 0 Å². The third-order valence-electron chi connectivity index (χ3n) is 3.00. The van der Waals surface area contributed by atoms with E-state index < -0.39 is 0 Å². The molecule has 0 aliphatic rings. The minimum Gasteiger partial charge on any atom is -0.326 e. The predicted octanol–water partition coefficient (Wildman–Crippen LogP) is 3.69. The third kappa shape index (κ3) is 4.59. The van der Waals surface area contributed by atoms with Crippen molar-refractivity contribution in [2.24, 2.45) is 0 Å². The number of rotatable bonds is 4. The highest BCUT2D eigenvalue weighted by Gasteiger charge is 2.05. The first-order valence-corrected chi connectivity index (χ1v) is 6.97. The van der Waals surface area contributed by atoms with Crippen LogP contribution in [0.25, 0.3) is 6.08 Å². The summed E-state index contributed by atoms with van der Waals surface area (Å²) in [7, 11) is 0. The number of hydrogen-bond donors (Lipinski definition) is 2. The number of nitrogens with one attached hydrogen (secondary N) is 2. The summed E-state index contributed by atoms with van der Waals surface area (Å²) in [6.45, 7) is 3.22. The molecule has 0 aliphatic heterocycles. The Morgan fingerprint density at radius 3 is 1.91 bits per heavy atom. The zero-order chi connectivity index (χ0) is 15.9. The molecule has 0 aliphatic carbocycles. The molecule has 2 amide bonds. The largest absolute Gasteiger partial charge is 0.326 e. The van der Waals surface area contributed by atoms with Crippen LogP contribution in [0.15, 0.2) is 60.2 Å². The normalized spacial score (nSPS) is 10.9. The SMILES string of the molecule is CC(=O)Nc1ccc(NC(=O)/C(C)=C\c2ccccc2)cc1. The molecular weight excluding hydrogens is 276 g/mol. The fourth-order valence-electron chi connectivity index (χ4n) is 1.93. The Kier molecular flexibility index (Phi) is 5.09. The standard InChI is InChI=1S/C18H18N2O2/c1-13(12-15-6-4-3-5-7-15)18(22)20-17-10-8-16(9-11-17)19-14(2)21/h3-12H,1-2H3,(H,19,21)(H,20,22)/b13-12-. The maximum Gasteiger partial charge on any atom is 0.251 e. The van der Waals surface area contributed by atoms with Gasteiger partial charge >= 0.3 is 0 Å². The maximum atomic E-state index is 12.1. The van der Waals surface area contributed by atoms with Gasteiger partial charge in [-0.15, -0.1) is 0 Å². The number of carbonyl (C=O) groups excluding carboxylic acids is 2. The predicted molar refractivity (Wildman–Crippen MR) is 89.5 cm³/mol. The lowest BCUT2D eigenvalue weighted by atomic mass is 10.1. The molecule has 0 bridgehead atoms. The first-order valence-electron chi connectivity index (χ1n) is 6.97. The van der Waals surface area contributed by atoms with E-state index >= 15 is 0 Å². The lowest BCUT2D eigenvalue weighted by Gasteiger charge is -2.07. The van der Waals surface area contributed by atoms with Crippen molar-refractivity contribution in [3.63, 3.8) is 0 Å². The van der Waals surface area contributed by atoms with E-state index in [0.29, 0.717) is 16.9 Å². The van der Waals surface area contributed by atoms with Crippen LogP contribution in [-0.4, -0.2) is 11.8 Å². The summed E-state index contributed by atoms with van der Waals surface area (Å²) in [6.07, 6.45) is 1.83. The number of hydrogen-bond acceptors (Lipinski definition) is 2. The maximum absolute atomic E-state index is 12.1. The van der Waals surface area contributed by atoms with Gasteiger partial charge in [-0.3, -0.25) is 9.59 Å². The van der Waals surface area contributed by atoms with Crippen molar-refractivity contribution >= 4 is 29.3 Å². The van der Waals surface area contributed by atoms with Crippen LogP contribution in [0.2, 0.25) is 0 Å². The molecule has 0 atom stereocenters. The smallest absolute Gasteiger partial charge is 0.251 e. The zero-order valence-electron chi connectivity index (χ0n) is 12.6. The van der Waals surface area contributed by atoms with E-state index in [1.165, 1.54) is 6.92 Å². The molecule has 0 unspecified atom stereocenters. The first kappa shape index (κ1) is 15.5. The lowest BCUT2D eigenvalue weighted by Crippen LogP contribution is -2.12. The minimum absolute atomic E-state index is 0.126. The van der Waals surface area contributed by atoms with E-state index in [0.717, 1.165) is 5.56 Å². The molecule has 4 nitrogen and oxygen atoms in total. The Hall–Kier alpha value is -2.88. The average Bonchev–Trinajstić information content (AvgIpc) is 2.49. The van der Waals surface area contributed by atoms with Gasteiger partial charge < -0.3 is 10.6 Å². The van der Waals surface area contributed by atoms with Crippen molar-refractivity contribution in [1.82, 2.24) is 0 Å². The number of carbonyl (C=O) groups is 2. The quantitative estimate of drug-likeness (QED) is 0.845. The van der Waals surface area contributed by atoms with Crippen molar-refractivity contribution in [1.29, 1.82) is 0 Å². The monoisotopic (exact) mass is 294 g/mol. The Labute approximate surface area is 129 Å². The average molecular weight is 294 g/mol. The highest BCUT2D eigenvalue weighted by atomic mass is 16.2. The first-order chi connectivity index (χ1) is 10.5. The lowest BCUT2D eigenvalue weighted by molar-refractivity contribution is -0.114. The highest BCUT2D eigenvalue weighted by Crippen LogP contribution is 2.15. The van der Waals surface area contributed by atoms with Crippen molar-refractivity contribution in [3.05, 3.63) is 65.7 Å². The van der Waals surface area contributed by atoms with Crippen molar-refractivity contribution < 1.29 is 9.59 Å². The number of amides is 2. The van der Waals surface area contributed by atoms with E-state index in [1.54, 1.807) is 31.2 Å². The summed E-state index contributed by atoms with van der Waals surface area (Å²) in [5.74, 6) is -0.283. The summed E-state index contributed by atoms with van der Waals surface area (Å²) in [6, 6.07) is 16.7. The molecule has 2 rings (SSSR count). The summed E-state index contributed by atoms with van der Waals surface area (Å²) in [5.41, 5.74) is 2.98. The Balaban J connectivity index is 2.02. The van der Waals surface area contributed by atoms with Gasteiger partial charge in [-0.05, 0) is 42.8 Å². The van der Waals surface area contributed by atoms with Crippen LogP contribution in [0, 0.1) is 0 Å². The van der Waals surface area contributed by atoms with Crippen LogP contribution < -0.4 is 10.6 Å². The molecule has 0 aromatic heterocycles. The van der Waals surface area contributed by atoms with Gasteiger partial charge in [-0.1, -0.05) is 30.3 Å². The Bertz CT molecular complexity index is 689. The third-order valence-corrected chi connectivity index (χ3v) is 3.00. The van der Waals surface area contributed by atoms with Gasteiger partial charge in [-0.2, -0.15) is 0 Å². The molecule has 112 valence electrons. The Morgan fingerprint density at radius 1 is 0.818 bits per heavy atom. The van der Waals surface area contributed by atoms with Crippen LogP contribution in [-0.2, 0) is 9.59 Å². The summed E-state index contributed by atoms with van der Waals surface area (Å²) < 4.78 is 0. The van der Waals surface area contributed by atoms with Crippen LogP contribution in [0.4, 0.5) is 11.4 Å². The summed E-state index contributed by atoms with van der Waals surface area (Å²) >= 11 is 0. The van der Waals surface area contributed by atoms with Crippen molar-refractivity contribution in [2.75, 3.05) is 10.6 Å². The van der Waals surface area contributed by atoms with Gasteiger partial charge in [-0.25, -0.2) is 0 Å². The van der Waals surface area contributed by atoms with E-state index in [-0.39, 0.29) is 11.8 Å². The molecule has 0 heterocycles. The van der Waals surface area contributed by atoms with Crippen LogP contribution in [0.5, 0.6) is 0 Å². The highest BCUT2D eigenvalue weighted by molar-refractivity contribution is 6.06. The second-order valence-corrected chi connectivity index (χ2v) is 4.95. The van der Waals surface area contributed by atoms with E-state index in [4.69, 9.17) is 0 Å². The topological polar surface area (TPSA) is 58.2 Å². The van der Waals surface area contributed by atoms with Gasteiger partial charge in [0.2, 0.25) is 5.91 Å². The molecule has 0 radical (unpaired) electrons. The molecule has 0 spiro atoms. The molecule has 2 N–H and O–H groups in total. The second kappa shape index (κ2) is 7.22. The Morgan fingerprint density at radius 2 is 1.36 bits per heavy atom. The molecule has 2 aromatic carbocycles. The summed E-state index contributed by atoms with van der Waals surface area (Å²) in [5, 5.41) is 5.50. The van der Waals surface area contributed by atoms with Gasteiger partial charge in [0.25, 0.3) is 5.91 Å². The van der Waals surface area contributed by atoms with Crippen LogP contribution in [0.1, 0.15) is 19.4 Å². The van der Waals surface area contributed by atoms with E-state index in [2.05, 4.69) is 10.6 Å². The van der Waals surface area contributed by atoms with Gasteiger partial charge in [0, 0.05) is 23.9 Å². The second-order valence-electron chi connectivity index (χ2n) is 4.95. The fourth-order valence-corrected chi connectivity index (χ4v) is 1.93. The molecule has 0 saturated heterocycles. The van der Waals surface area contributed by atoms with Gasteiger partial charge in [0.15, 0.2) is 0 Å². The molecule has 0 fully saturated rings. The molecule has 4 heteroatoms. The fraction of sp³-hybridized carbons (Fsp3) is 0.111. The van der Waals surface area contributed by atoms with E-state index in [9.17, 15) is 9.59 Å². The number of benzene rings is 2. The molecule has 22 heavy (non-hydrogen) atoms. The minimum atomic E-state index is -0.156. The van der Waals surface area contributed by atoms with Gasteiger partial charge in [0.1, 0.15) is 0 Å². The van der Waals surface area contributed by atoms with Crippen molar-refractivity contribution in [3.8, 4) is 0 Å².